The van der Waals surface area contributed by atoms with E-state index in [4.69, 9.17) is 0 Å². The average Bonchev–Trinajstić information content (AvgIpc) is 2.83. The topological polar surface area (TPSA) is 0 Å². The van der Waals surface area contributed by atoms with Gasteiger partial charge in [-0.25, -0.2) is 0 Å². The first-order valence-corrected chi connectivity index (χ1v) is 16.1. The molecule has 1 nitrogen and oxygen atoms in total. The largest absolute Gasteiger partial charge is 0.324 e. The van der Waals surface area contributed by atoms with Gasteiger partial charge in [0.15, 0.2) is 0 Å². The summed E-state index contributed by atoms with van der Waals surface area (Å²) >= 11 is 0. The molecule has 0 radical (unpaired) electrons. The number of hydrogen-bond donors (Lipinski definition) is 0. The monoisotopic (exact) mass is 582 g/mol. The molecule has 216 valence electrons. The Hall–Kier alpha value is 0.730. The molecule has 3 heteroatoms. The number of hydrogen-bond acceptors (Lipinski definition) is 0. The van der Waals surface area contributed by atoms with Crippen molar-refractivity contribution >= 4 is 29.4 Å². The first-order valence-electron chi connectivity index (χ1n) is 16.1. The smallest absolute Gasteiger partial charge is 0.0786 e. The van der Waals surface area contributed by atoms with Crippen molar-refractivity contribution in [1.82, 2.24) is 0 Å². The second-order valence-electron chi connectivity index (χ2n) is 11.3. The van der Waals surface area contributed by atoms with Gasteiger partial charge >= 0.3 is 0 Å². The third kappa shape index (κ3) is 27.6. The molecule has 0 rings (SSSR count). The highest BCUT2D eigenvalue weighted by atomic mass is 79.9. The average molecular weight is 584 g/mol. The van der Waals surface area contributed by atoms with Crippen LogP contribution in [-0.2, 0) is 0 Å². The maximum absolute atomic E-state index is 2.34. The van der Waals surface area contributed by atoms with Gasteiger partial charge in [-0.3, -0.25) is 0 Å². The number of rotatable bonds is 28. The summed E-state index contributed by atoms with van der Waals surface area (Å²) in [6.45, 7) is 15.3. The van der Waals surface area contributed by atoms with E-state index in [2.05, 4.69) is 27.7 Å². The van der Waals surface area contributed by atoms with Crippen LogP contribution in [0.25, 0.3) is 0 Å². The van der Waals surface area contributed by atoms with Gasteiger partial charge in [0.05, 0.1) is 26.2 Å². The summed E-state index contributed by atoms with van der Waals surface area (Å²) in [7, 11) is 0. The first kappa shape index (κ1) is 40.2. The van der Waals surface area contributed by atoms with E-state index in [1.54, 1.807) is 0 Å². The highest BCUT2D eigenvalue weighted by molar-refractivity contribution is 8.93. The van der Waals surface area contributed by atoms with Gasteiger partial charge in [-0.2, -0.15) is 0 Å². The van der Waals surface area contributed by atoms with Gasteiger partial charge in [-0.1, -0.05) is 130 Å². The van der Waals surface area contributed by atoms with Crippen LogP contribution in [0, 0.1) is 0 Å². The molecule has 0 aromatic rings. The third-order valence-corrected chi connectivity index (χ3v) is 7.94. The van der Waals surface area contributed by atoms with Crippen LogP contribution in [0.15, 0.2) is 0 Å². The summed E-state index contributed by atoms with van der Waals surface area (Å²) in [5.74, 6) is 0. The van der Waals surface area contributed by atoms with Gasteiger partial charge in [0.1, 0.15) is 0 Å². The molecule has 0 saturated carbocycles. The van der Waals surface area contributed by atoms with Crippen molar-refractivity contribution in [2.24, 2.45) is 0 Å². The zero-order valence-corrected chi connectivity index (χ0v) is 27.6. The summed E-state index contributed by atoms with van der Waals surface area (Å²) in [4.78, 5) is 0. The first-order chi connectivity index (χ1) is 16.2. The highest BCUT2D eigenvalue weighted by Crippen LogP contribution is 2.20. The van der Waals surface area contributed by atoms with E-state index in [1.807, 2.05) is 0 Å². The molecular weight excluding hydrogens is 514 g/mol. The standard InChI is InChI=1S/C32H68N.BrH.ClH/c1-5-9-13-17-21-25-29-33(30-26-22-18-14-10-6-2,31-27-23-19-15-11-7-3)32-28-24-20-16-12-8-4;;/h5-32H2,1-4H3;2*1H/q+1;;. The Balaban J connectivity index is -0.00000512. The molecule has 0 atom stereocenters. The van der Waals surface area contributed by atoms with Crippen LogP contribution >= 0.6 is 29.4 Å². The summed E-state index contributed by atoms with van der Waals surface area (Å²) < 4.78 is 1.48. The Morgan fingerprint density at radius 2 is 0.457 bits per heavy atom. The summed E-state index contributed by atoms with van der Waals surface area (Å²) in [5, 5.41) is 0. The molecular formula is C32H70BrClN+. The molecule has 35 heavy (non-hydrogen) atoms. The van der Waals surface area contributed by atoms with Crippen molar-refractivity contribution in [2.75, 3.05) is 26.2 Å². The van der Waals surface area contributed by atoms with E-state index in [9.17, 15) is 0 Å². The zero-order chi connectivity index (χ0) is 24.3. The maximum atomic E-state index is 2.34. The summed E-state index contributed by atoms with van der Waals surface area (Å²) in [5.41, 5.74) is 0. The predicted octanol–water partition coefficient (Wildman–Crippen LogP) is 12.2. The molecule has 0 aliphatic rings. The molecule has 0 aliphatic carbocycles. The Morgan fingerprint density at radius 3 is 0.657 bits per heavy atom. The van der Waals surface area contributed by atoms with E-state index in [0.717, 1.165) is 0 Å². The molecule has 0 bridgehead atoms. The van der Waals surface area contributed by atoms with Crippen LogP contribution in [0.3, 0.4) is 0 Å². The fourth-order valence-corrected chi connectivity index (χ4v) is 5.58. The molecule has 0 aromatic carbocycles. The Bertz CT molecular complexity index is 294. The minimum Gasteiger partial charge on any atom is -0.324 e. The van der Waals surface area contributed by atoms with Gasteiger partial charge in [-0.15, -0.1) is 29.4 Å². The molecule has 0 heterocycles. The van der Waals surface area contributed by atoms with Crippen molar-refractivity contribution in [3.63, 3.8) is 0 Å². The van der Waals surface area contributed by atoms with Crippen molar-refractivity contribution in [1.29, 1.82) is 0 Å². The summed E-state index contributed by atoms with van der Waals surface area (Å²) in [6.07, 6.45) is 34.8. The Morgan fingerprint density at radius 1 is 0.286 bits per heavy atom. The van der Waals surface area contributed by atoms with Crippen LogP contribution in [0.1, 0.15) is 182 Å². The van der Waals surface area contributed by atoms with Crippen LogP contribution in [0.4, 0.5) is 0 Å². The van der Waals surface area contributed by atoms with Crippen molar-refractivity contribution in [3.05, 3.63) is 0 Å². The quantitative estimate of drug-likeness (QED) is 0.0634. The zero-order valence-electron chi connectivity index (χ0n) is 25.1. The fraction of sp³-hybridized carbons (Fsp3) is 1.00. The fourth-order valence-electron chi connectivity index (χ4n) is 5.58. The third-order valence-electron chi connectivity index (χ3n) is 7.94. The van der Waals surface area contributed by atoms with Crippen LogP contribution < -0.4 is 0 Å². The van der Waals surface area contributed by atoms with E-state index in [-0.39, 0.29) is 29.4 Å². The molecule has 0 N–H and O–H groups in total. The molecule has 0 saturated heterocycles. The minimum atomic E-state index is 0. The molecule has 0 aromatic heterocycles. The lowest BCUT2D eigenvalue weighted by atomic mass is 10.0. The van der Waals surface area contributed by atoms with Crippen LogP contribution in [-0.4, -0.2) is 30.7 Å². The van der Waals surface area contributed by atoms with Gasteiger partial charge in [0.25, 0.3) is 0 Å². The van der Waals surface area contributed by atoms with Crippen LogP contribution in [0.2, 0.25) is 0 Å². The normalized spacial score (nSPS) is 11.3. The van der Waals surface area contributed by atoms with E-state index < -0.39 is 0 Å². The van der Waals surface area contributed by atoms with Gasteiger partial charge in [0.2, 0.25) is 0 Å². The lowest BCUT2D eigenvalue weighted by Crippen LogP contribution is -2.50. The van der Waals surface area contributed by atoms with Crippen molar-refractivity contribution < 1.29 is 4.48 Å². The van der Waals surface area contributed by atoms with E-state index in [1.165, 1.54) is 185 Å². The van der Waals surface area contributed by atoms with Gasteiger partial charge in [0, 0.05) is 0 Å². The number of unbranched alkanes of at least 4 members (excludes halogenated alkanes) is 20. The minimum absolute atomic E-state index is 0. The van der Waals surface area contributed by atoms with E-state index >= 15 is 0 Å². The molecule has 0 spiro atoms. The van der Waals surface area contributed by atoms with E-state index in [0.29, 0.717) is 0 Å². The summed E-state index contributed by atoms with van der Waals surface area (Å²) in [6, 6.07) is 0. The van der Waals surface area contributed by atoms with Crippen molar-refractivity contribution in [2.45, 2.75) is 182 Å². The van der Waals surface area contributed by atoms with Crippen LogP contribution in [0.5, 0.6) is 0 Å². The lowest BCUT2D eigenvalue weighted by Gasteiger charge is -2.40. The number of quaternary nitrogens is 1. The SMILES string of the molecule is Br.CCCCCCCC[N+](CCCCCCCC)(CCCCCCCC)CCCCCCCC.Cl. The van der Waals surface area contributed by atoms with Gasteiger partial charge < -0.3 is 4.48 Å². The second kappa shape index (κ2) is 32.8. The van der Waals surface area contributed by atoms with Gasteiger partial charge in [-0.05, 0) is 51.4 Å². The predicted molar refractivity (Wildman–Crippen MR) is 171 cm³/mol. The highest BCUT2D eigenvalue weighted by Gasteiger charge is 2.25. The number of halogens is 2. The molecule has 0 aliphatic heterocycles. The Labute approximate surface area is 241 Å². The number of nitrogens with zero attached hydrogens (tertiary/aromatic N) is 1. The molecule has 0 amide bonds. The molecule has 0 unspecified atom stereocenters. The maximum Gasteiger partial charge on any atom is 0.0786 e. The Kier molecular flexibility index (Phi) is 37.7. The van der Waals surface area contributed by atoms with Crippen molar-refractivity contribution in [3.8, 4) is 0 Å². The lowest BCUT2D eigenvalue weighted by molar-refractivity contribution is -0.929. The molecule has 0 fully saturated rings. The second-order valence-corrected chi connectivity index (χ2v) is 11.3.